The van der Waals surface area contributed by atoms with Gasteiger partial charge in [-0.05, 0) is 37.3 Å². The van der Waals surface area contributed by atoms with Crippen LogP contribution in [0.4, 0.5) is 26.3 Å². The first kappa shape index (κ1) is 27.4. The lowest BCUT2D eigenvalue weighted by atomic mass is 10.1. The fourth-order valence-corrected chi connectivity index (χ4v) is 5.10. The summed E-state index contributed by atoms with van der Waals surface area (Å²) in [5.41, 5.74) is -3.52. The van der Waals surface area contributed by atoms with Gasteiger partial charge in [0, 0.05) is 19.2 Å². The van der Waals surface area contributed by atoms with Gasteiger partial charge in [0.05, 0.1) is 27.4 Å². The van der Waals surface area contributed by atoms with Crippen molar-refractivity contribution < 1.29 is 34.8 Å². The number of aromatic nitrogens is 4. The Balaban J connectivity index is 2.01. The van der Waals surface area contributed by atoms with Crippen molar-refractivity contribution in [2.75, 3.05) is 5.75 Å². The standard InChI is InChI=1S/C24H20F6N4O3S/c1-4-34-18(24(28,29)30)12-16-20(22(34)35)33(3)21(32-16)19-17(38(36,37)5-2)11-10-15(31-19)13-6-8-14(9-7-13)23(25,26)27/h6-12H,4-5H2,1-3H3. The Morgan fingerprint density at radius 2 is 1.53 bits per heavy atom. The van der Waals surface area contributed by atoms with Gasteiger partial charge < -0.3 is 9.13 Å². The van der Waals surface area contributed by atoms with E-state index in [0.29, 0.717) is 10.6 Å². The van der Waals surface area contributed by atoms with E-state index in [4.69, 9.17) is 0 Å². The number of hydrogen-bond acceptors (Lipinski definition) is 5. The molecule has 3 heterocycles. The summed E-state index contributed by atoms with van der Waals surface area (Å²) in [5, 5.41) is 0. The van der Waals surface area contributed by atoms with Crippen LogP contribution in [0.15, 0.2) is 52.2 Å². The van der Waals surface area contributed by atoms with Gasteiger partial charge in [-0.2, -0.15) is 26.3 Å². The molecule has 4 aromatic rings. The summed E-state index contributed by atoms with van der Waals surface area (Å²) >= 11 is 0. The van der Waals surface area contributed by atoms with Crippen molar-refractivity contribution in [3.63, 3.8) is 0 Å². The maximum Gasteiger partial charge on any atom is 0.431 e. The van der Waals surface area contributed by atoms with Crippen molar-refractivity contribution in [1.82, 2.24) is 19.1 Å². The van der Waals surface area contributed by atoms with Crippen LogP contribution in [-0.2, 0) is 35.8 Å². The number of imidazole rings is 1. The molecule has 0 saturated heterocycles. The predicted octanol–water partition coefficient (Wildman–Crippen LogP) is 5.32. The number of halogens is 6. The first-order chi connectivity index (χ1) is 17.6. The van der Waals surface area contributed by atoms with Crippen molar-refractivity contribution >= 4 is 20.9 Å². The SMILES string of the molecule is CCn1c(C(F)(F)F)cc2nc(-c3nc(-c4ccc(C(F)(F)F)cc4)ccc3S(=O)(=O)CC)n(C)c2c1=O. The molecule has 0 unspecified atom stereocenters. The van der Waals surface area contributed by atoms with Crippen LogP contribution >= 0.6 is 0 Å². The number of pyridine rings is 2. The molecule has 202 valence electrons. The smallest absolute Gasteiger partial charge is 0.321 e. The van der Waals surface area contributed by atoms with Gasteiger partial charge >= 0.3 is 12.4 Å². The largest absolute Gasteiger partial charge is 0.431 e. The van der Waals surface area contributed by atoms with Gasteiger partial charge in [-0.25, -0.2) is 18.4 Å². The molecular formula is C24H20F6N4O3S. The fraction of sp³-hybridized carbons (Fsp3) is 0.292. The highest BCUT2D eigenvalue weighted by molar-refractivity contribution is 7.91. The van der Waals surface area contributed by atoms with E-state index < -0.39 is 39.0 Å². The number of alkyl halides is 6. The van der Waals surface area contributed by atoms with Crippen LogP contribution in [0.2, 0.25) is 0 Å². The zero-order valence-corrected chi connectivity index (χ0v) is 21.0. The van der Waals surface area contributed by atoms with E-state index in [1.807, 2.05) is 0 Å². The van der Waals surface area contributed by atoms with Crippen LogP contribution in [0.3, 0.4) is 0 Å². The van der Waals surface area contributed by atoms with Crippen molar-refractivity contribution in [2.45, 2.75) is 37.6 Å². The third-order valence-electron chi connectivity index (χ3n) is 6.03. The Morgan fingerprint density at radius 1 is 0.895 bits per heavy atom. The molecule has 0 saturated carbocycles. The number of aryl methyl sites for hydroxylation is 1. The van der Waals surface area contributed by atoms with Crippen LogP contribution in [0.5, 0.6) is 0 Å². The van der Waals surface area contributed by atoms with Crippen LogP contribution in [0.25, 0.3) is 33.8 Å². The molecule has 0 fully saturated rings. The second kappa shape index (κ2) is 9.26. The normalized spacial score (nSPS) is 12.9. The van der Waals surface area contributed by atoms with Crippen LogP contribution < -0.4 is 5.56 Å². The molecule has 1 aromatic carbocycles. The molecule has 0 bridgehead atoms. The van der Waals surface area contributed by atoms with Gasteiger partial charge in [0.15, 0.2) is 15.7 Å². The van der Waals surface area contributed by atoms with E-state index >= 15 is 0 Å². The fourth-order valence-electron chi connectivity index (χ4n) is 4.08. The second-order valence-electron chi connectivity index (χ2n) is 8.33. The molecule has 0 radical (unpaired) electrons. The molecule has 4 rings (SSSR count). The Bertz CT molecular complexity index is 1700. The molecule has 0 amide bonds. The van der Waals surface area contributed by atoms with E-state index in [9.17, 15) is 39.6 Å². The molecule has 0 spiro atoms. The van der Waals surface area contributed by atoms with Crippen LogP contribution in [0.1, 0.15) is 25.1 Å². The van der Waals surface area contributed by atoms with Crippen molar-refractivity contribution in [1.29, 1.82) is 0 Å². The molecule has 7 nitrogen and oxygen atoms in total. The van der Waals surface area contributed by atoms with E-state index in [0.717, 1.165) is 28.8 Å². The Hall–Kier alpha value is -3.68. The number of rotatable bonds is 5. The summed E-state index contributed by atoms with van der Waals surface area (Å²) in [7, 11) is -2.60. The summed E-state index contributed by atoms with van der Waals surface area (Å²) in [6.45, 7) is 2.48. The van der Waals surface area contributed by atoms with Crippen LogP contribution in [0, 0.1) is 0 Å². The van der Waals surface area contributed by atoms with Gasteiger partial charge in [-0.1, -0.05) is 19.1 Å². The first-order valence-electron chi connectivity index (χ1n) is 11.2. The number of sulfone groups is 1. The van der Waals surface area contributed by atoms with Crippen molar-refractivity contribution in [3.05, 3.63) is 64.1 Å². The average Bonchev–Trinajstić information content (AvgIpc) is 3.19. The topological polar surface area (TPSA) is 86.8 Å². The summed E-state index contributed by atoms with van der Waals surface area (Å²) < 4.78 is 107. The Labute approximate surface area is 212 Å². The predicted molar refractivity (Wildman–Crippen MR) is 127 cm³/mol. The molecule has 0 aliphatic heterocycles. The third-order valence-corrected chi connectivity index (χ3v) is 7.79. The average molecular weight is 559 g/mol. The molecule has 0 aliphatic rings. The molecular weight excluding hydrogens is 538 g/mol. The van der Waals surface area contributed by atoms with Gasteiger partial charge in [-0.15, -0.1) is 0 Å². The monoisotopic (exact) mass is 558 g/mol. The first-order valence-corrected chi connectivity index (χ1v) is 12.8. The van der Waals surface area contributed by atoms with E-state index in [1.54, 1.807) is 0 Å². The van der Waals surface area contributed by atoms with Gasteiger partial charge in [0.25, 0.3) is 5.56 Å². The highest BCUT2D eigenvalue weighted by Gasteiger charge is 2.36. The Morgan fingerprint density at radius 3 is 2.05 bits per heavy atom. The van der Waals surface area contributed by atoms with E-state index in [1.165, 1.54) is 33.0 Å². The zero-order valence-electron chi connectivity index (χ0n) is 20.1. The van der Waals surface area contributed by atoms with Crippen molar-refractivity contribution in [2.24, 2.45) is 7.05 Å². The summed E-state index contributed by atoms with van der Waals surface area (Å²) in [5.74, 6) is -0.536. The minimum atomic E-state index is -4.85. The number of benzene rings is 1. The summed E-state index contributed by atoms with van der Waals surface area (Å²) in [6, 6.07) is 7.23. The maximum absolute atomic E-state index is 13.6. The molecule has 0 aliphatic carbocycles. The molecule has 3 aromatic heterocycles. The quantitative estimate of drug-likeness (QED) is 0.310. The lowest BCUT2D eigenvalue weighted by Gasteiger charge is -2.14. The molecule has 0 N–H and O–H groups in total. The van der Waals surface area contributed by atoms with Gasteiger partial charge in [0.2, 0.25) is 0 Å². The van der Waals surface area contributed by atoms with E-state index in [2.05, 4.69) is 9.97 Å². The lowest BCUT2D eigenvalue weighted by molar-refractivity contribution is -0.144. The van der Waals surface area contributed by atoms with Crippen LogP contribution in [-0.4, -0.2) is 33.3 Å². The van der Waals surface area contributed by atoms with E-state index in [-0.39, 0.29) is 51.0 Å². The highest BCUT2D eigenvalue weighted by Crippen LogP contribution is 2.35. The van der Waals surface area contributed by atoms with Gasteiger partial charge in [-0.3, -0.25) is 4.79 Å². The number of hydrogen-bond donors (Lipinski definition) is 0. The minimum Gasteiger partial charge on any atom is -0.321 e. The second-order valence-corrected chi connectivity index (χ2v) is 10.6. The lowest BCUT2D eigenvalue weighted by Crippen LogP contribution is -2.28. The molecule has 0 atom stereocenters. The highest BCUT2D eigenvalue weighted by atomic mass is 32.2. The zero-order chi connectivity index (χ0) is 28.2. The summed E-state index contributed by atoms with van der Waals surface area (Å²) in [6.07, 6.45) is -9.41. The molecule has 14 heteroatoms. The number of fused-ring (bicyclic) bond motifs is 1. The summed E-state index contributed by atoms with van der Waals surface area (Å²) in [4.78, 5) is 21.2. The van der Waals surface area contributed by atoms with Crippen molar-refractivity contribution in [3.8, 4) is 22.8 Å². The minimum absolute atomic E-state index is 0.0952. The maximum atomic E-state index is 13.6. The molecule has 38 heavy (non-hydrogen) atoms. The Kier molecular flexibility index (Phi) is 6.66. The third kappa shape index (κ3) is 4.68. The number of nitrogens with zero attached hydrogens (tertiary/aromatic N) is 4. The van der Waals surface area contributed by atoms with Gasteiger partial charge in [0.1, 0.15) is 16.9 Å².